The molecule has 0 aromatic carbocycles. The molecule has 0 aliphatic carbocycles. The Morgan fingerprint density at radius 3 is 2.56 bits per heavy atom. The summed E-state index contributed by atoms with van der Waals surface area (Å²) in [5.41, 5.74) is 2.68. The number of carbonyl (C=O) groups excluding carboxylic acids is 1. The second-order valence-corrected chi connectivity index (χ2v) is 4.82. The molecule has 4 heteroatoms. The fourth-order valence-electron chi connectivity index (χ4n) is 1.99. The third-order valence-corrected chi connectivity index (χ3v) is 2.86. The molecule has 0 atom stereocenters. The van der Waals surface area contributed by atoms with Crippen LogP contribution in [-0.2, 0) is 24.1 Å². The molecular formula is C14H24N2O2. The fourth-order valence-corrected chi connectivity index (χ4v) is 1.99. The van der Waals surface area contributed by atoms with Gasteiger partial charge in [-0.1, -0.05) is 27.7 Å². The molecule has 0 bridgehead atoms. The summed E-state index contributed by atoms with van der Waals surface area (Å²) in [5.74, 6) is 0.546. The molecule has 0 N–H and O–H groups in total. The van der Waals surface area contributed by atoms with Crippen molar-refractivity contribution in [3.63, 3.8) is 0 Å². The highest BCUT2D eigenvalue weighted by Gasteiger charge is 2.14. The Kier molecular flexibility index (Phi) is 6.05. The third-order valence-electron chi connectivity index (χ3n) is 2.86. The highest BCUT2D eigenvalue weighted by molar-refractivity contribution is 5.78. The summed E-state index contributed by atoms with van der Waals surface area (Å²) in [6.07, 6.45) is 2.54. The normalized spacial score (nSPS) is 11.2. The van der Waals surface area contributed by atoms with Gasteiger partial charge in [0.1, 0.15) is 0 Å². The number of aldehydes is 1. The first-order chi connectivity index (χ1) is 8.63. The predicted octanol–water partition coefficient (Wildman–Crippen LogP) is 2.49. The van der Waals surface area contributed by atoms with Gasteiger partial charge in [-0.15, -0.1) is 0 Å². The number of hydrogen-bond acceptors (Lipinski definition) is 3. The summed E-state index contributed by atoms with van der Waals surface area (Å²) in [4.78, 5) is 11.1. The van der Waals surface area contributed by atoms with Crippen molar-refractivity contribution in [3.8, 4) is 0 Å². The molecule has 0 amide bonds. The molecule has 1 aromatic heterocycles. The van der Waals surface area contributed by atoms with E-state index in [1.807, 2.05) is 11.6 Å². The molecule has 0 saturated carbocycles. The molecule has 0 aliphatic rings. The maximum absolute atomic E-state index is 11.1. The van der Waals surface area contributed by atoms with Gasteiger partial charge < -0.3 is 4.74 Å². The molecule has 0 radical (unpaired) electrons. The largest absolute Gasteiger partial charge is 0.379 e. The Morgan fingerprint density at radius 1 is 1.33 bits per heavy atom. The molecule has 0 fully saturated rings. The minimum absolute atomic E-state index is 0.546. The Morgan fingerprint density at radius 2 is 2.06 bits per heavy atom. The fraction of sp³-hybridized carbons (Fsp3) is 0.714. The first-order valence-corrected chi connectivity index (χ1v) is 6.75. The smallest absolute Gasteiger partial charge is 0.153 e. The summed E-state index contributed by atoms with van der Waals surface area (Å²) in [6, 6.07) is 0. The molecule has 0 spiro atoms. The summed E-state index contributed by atoms with van der Waals surface area (Å²) in [7, 11) is 0. The SMILES string of the molecule is CCc1nn(CCOCC(C)C)c(CC)c1C=O. The molecular weight excluding hydrogens is 228 g/mol. The van der Waals surface area contributed by atoms with E-state index >= 15 is 0 Å². The molecule has 4 nitrogen and oxygen atoms in total. The van der Waals surface area contributed by atoms with Crippen LogP contribution in [0.2, 0.25) is 0 Å². The van der Waals surface area contributed by atoms with Gasteiger partial charge in [0.2, 0.25) is 0 Å². The maximum Gasteiger partial charge on any atom is 0.153 e. The number of aromatic nitrogens is 2. The third kappa shape index (κ3) is 3.67. The molecule has 1 heterocycles. The van der Waals surface area contributed by atoms with Crippen molar-refractivity contribution in [1.82, 2.24) is 9.78 Å². The van der Waals surface area contributed by atoms with Crippen LogP contribution in [0.3, 0.4) is 0 Å². The van der Waals surface area contributed by atoms with Crippen LogP contribution in [0.15, 0.2) is 0 Å². The maximum atomic E-state index is 11.1. The number of carbonyl (C=O) groups is 1. The number of hydrogen-bond donors (Lipinski definition) is 0. The first kappa shape index (κ1) is 14.9. The standard InChI is InChI=1S/C14H24N2O2/c1-5-13-12(9-17)14(6-2)16(15-13)7-8-18-10-11(3)4/h9,11H,5-8,10H2,1-4H3. The van der Waals surface area contributed by atoms with E-state index in [0.29, 0.717) is 12.5 Å². The van der Waals surface area contributed by atoms with Crippen molar-refractivity contribution < 1.29 is 9.53 Å². The Labute approximate surface area is 109 Å². The lowest BCUT2D eigenvalue weighted by Crippen LogP contribution is -2.12. The van der Waals surface area contributed by atoms with Crippen LogP contribution in [-0.4, -0.2) is 29.3 Å². The van der Waals surface area contributed by atoms with E-state index in [4.69, 9.17) is 4.74 Å². The zero-order chi connectivity index (χ0) is 13.5. The minimum Gasteiger partial charge on any atom is -0.379 e. The van der Waals surface area contributed by atoms with Crippen LogP contribution in [0.1, 0.15) is 49.4 Å². The summed E-state index contributed by atoms with van der Waals surface area (Å²) in [6.45, 7) is 10.5. The van der Waals surface area contributed by atoms with Gasteiger partial charge in [0.05, 0.1) is 24.4 Å². The first-order valence-electron chi connectivity index (χ1n) is 6.75. The molecule has 1 aromatic rings. The van der Waals surface area contributed by atoms with E-state index in [-0.39, 0.29) is 0 Å². The second kappa shape index (κ2) is 7.31. The van der Waals surface area contributed by atoms with Gasteiger partial charge in [-0.2, -0.15) is 5.10 Å². The Balaban J connectivity index is 2.70. The van der Waals surface area contributed by atoms with Crippen molar-refractivity contribution in [3.05, 3.63) is 17.0 Å². The van der Waals surface area contributed by atoms with Crippen molar-refractivity contribution >= 4 is 6.29 Å². The van der Waals surface area contributed by atoms with E-state index in [0.717, 1.165) is 49.2 Å². The topological polar surface area (TPSA) is 44.1 Å². The van der Waals surface area contributed by atoms with E-state index in [2.05, 4.69) is 25.9 Å². The van der Waals surface area contributed by atoms with E-state index in [1.165, 1.54) is 0 Å². The number of aryl methyl sites for hydroxylation is 1. The number of ether oxygens (including phenoxy) is 1. The van der Waals surface area contributed by atoms with Crippen LogP contribution in [0.5, 0.6) is 0 Å². The Hall–Kier alpha value is -1.16. The number of nitrogens with zero attached hydrogens (tertiary/aromatic N) is 2. The van der Waals surface area contributed by atoms with Crippen molar-refractivity contribution in [2.75, 3.05) is 13.2 Å². The van der Waals surface area contributed by atoms with Crippen LogP contribution in [0.25, 0.3) is 0 Å². The summed E-state index contributed by atoms with van der Waals surface area (Å²) in [5, 5.41) is 4.49. The van der Waals surface area contributed by atoms with Crippen molar-refractivity contribution in [2.24, 2.45) is 5.92 Å². The van der Waals surface area contributed by atoms with E-state index in [1.54, 1.807) is 0 Å². The quantitative estimate of drug-likeness (QED) is 0.527. The van der Waals surface area contributed by atoms with Gasteiger partial charge in [-0.25, -0.2) is 0 Å². The lowest BCUT2D eigenvalue weighted by Gasteiger charge is -2.09. The average Bonchev–Trinajstić information content (AvgIpc) is 2.71. The molecule has 0 aliphatic heterocycles. The molecule has 102 valence electrons. The van der Waals surface area contributed by atoms with Gasteiger partial charge >= 0.3 is 0 Å². The zero-order valence-corrected chi connectivity index (χ0v) is 11.9. The number of rotatable bonds is 8. The van der Waals surface area contributed by atoms with Gasteiger partial charge in [-0.3, -0.25) is 9.48 Å². The van der Waals surface area contributed by atoms with Gasteiger partial charge in [0.25, 0.3) is 0 Å². The minimum atomic E-state index is 0.546. The monoisotopic (exact) mass is 252 g/mol. The zero-order valence-electron chi connectivity index (χ0n) is 11.9. The second-order valence-electron chi connectivity index (χ2n) is 4.82. The van der Waals surface area contributed by atoms with E-state index < -0.39 is 0 Å². The van der Waals surface area contributed by atoms with Gasteiger partial charge in [0, 0.05) is 12.3 Å². The molecule has 0 saturated heterocycles. The molecule has 0 unspecified atom stereocenters. The van der Waals surface area contributed by atoms with Gasteiger partial charge in [0.15, 0.2) is 6.29 Å². The highest BCUT2D eigenvalue weighted by atomic mass is 16.5. The van der Waals surface area contributed by atoms with Crippen LogP contribution in [0.4, 0.5) is 0 Å². The lowest BCUT2D eigenvalue weighted by atomic mass is 10.1. The van der Waals surface area contributed by atoms with Crippen LogP contribution < -0.4 is 0 Å². The van der Waals surface area contributed by atoms with Crippen molar-refractivity contribution in [1.29, 1.82) is 0 Å². The molecule has 18 heavy (non-hydrogen) atoms. The summed E-state index contributed by atoms with van der Waals surface area (Å²) < 4.78 is 7.49. The van der Waals surface area contributed by atoms with Gasteiger partial charge in [-0.05, 0) is 18.8 Å². The van der Waals surface area contributed by atoms with E-state index in [9.17, 15) is 4.79 Å². The highest BCUT2D eigenvalue weighted by Crippen LogP contribution is 2.14. The molecule has 1 rings (SSSR count). The Bertz CT molecular complexity index is 383. The van der Waals surface area contributed by atoms with Crippen LogP contribution >= 0.6 is 0 Å². The summed E-state index contributed by atoms with van der Waals surface area (Å²) >= 11 is 0. The van der Waals surface area contributed by atoms with Crippen LogP contribution in [0, 0.1) is 5.92 Å². The van der Waals surface area contributed by atoms with Crippen molar-refractivity contribution in [2.45, 2.75) is 47.1 Å². The lowest BCUT2D eigenvalue weighted by molar-refractivity contribution is 0.100. The predicted molar refractivity (Wildman–Crippen MR) is 72.0 cm³/mol. The average molecular weight is 252 g/mol.